The molecular weight excluding hydrogens is 170 g/mol. The van der Waals surface area contributed by atoms with E-state index in [1.807, 2.05) is 13.2 Å². The van der Waals surface area contributed by atoms with Crippen molar-refractivity contribution in [2.45, 2.75) is 32.7 Å². The number of hydrazone groups is 1. The molecule has 0 aromatic carbocycles. The lowest BCUT2D eigenvalue weighted by molar-refractivity contribution is 0.549. The van der Waals surface area contributed by atoms with Crippen molar-refractivity contribution in [1.29, 1.82) is 0 Å². The lowest BCUT2D eigenvalue weighted by Gasteiger charge is -2.17. The Morgan fingerprint density at radius 3 is 2.75 bits per heavy atom. The van der Waals surface area contributed by atoms with Crippen LogP contribution in [-0.2, 0) is 0 Å². The Morgan fingerprint density at radius 2 is 2.17 bits per heavy atom. The van der Waals surface area contributed by atoms with Crippen molar-refractivity contribution in [3.8, 4) is 0 Å². The molecule has 0 bridgehead atoms. The molecule has 4 heteroatoms. The average Bonchev–Trinajstić information content (AvgIpc) is 2.07. The Labute approximate surface area is 77.7 Å². The number of nitrogens with one attached hydrogen (secondary N) is 1. The van der Waals surface area contributed by atoms with Crippen molar-refractivity contribution in [2.24, 2.45) is 10.1 Å². The topological polar surface area (TPSA) is 36.8 Å². The molecule has 0 unspecified atom stereocenters. The molecule has 0 spiro atoms. The molecule has 0 fully saturated rings. The molecule has 12 heavy (non-hydrogen) atoms. The molecule has 0 aromatic rings. The van der Waals surface area contributed by atoms with Crippen molar-refractivity contribution < 1.29 is 0 Å². The van der Waals surface area contributed by atoms with Gasteiger partial charge in [0.1, 0.15) is 0 Å². The molecular formula is C8H15N3S. The van der Waals surface area contributed by atoms with Crippen molar-refractivity contribution in [2.75, 3.05) is 6.26 Å². The largest absolute Gasteiger partial charge is 0.256 e. The lowest BCUT2D eigenvalue weighted by Crippen LogP contribution is -2.21. The van der Waals surface area contributed by atoms with Crippen LogP contribution >= 0.6 is 11.8 Å². The molecule has 0 saturated heterocycles. The number of thioether (sulfide) groups is 1. The fraction of sp³-hybridized carbons (Fsp3) is 0.750. The zero-order valence-corrected chi connectivity index (χ0v) is 8.83. The minimum absolute atomic E-state index is 0.0184. The average molecular weight is 185 g/mol. The van der Waals surface area contributed by atoms with Crippen LogP contribution in [0.1, 0.15) is 27.2 Å². The fourth-order valence-electron chi connectivity index (χ4n) is 1.24. The third-order valence-corrected chi connectivity index (χ3v) is 2.20. The zero-order chi connectivity index (χ0) is 9.19. The van der Waals surface area contributed by atoms with Gasteiger partial charge in [-0.2, -0.15) is 5.10 Å². The Hall–Kier alpha value is -0.510. The number of aliphatic imine (C=N–C) groups is 1. The summed E-state index contributed by atoms with van der Waals surface area (Å²) in [5, 5.41) is 5.09. The maximum atomic E-state index is 4.53. The van der Waals surface area contributed by atoms with Crippen molar-refractivity contribution in [1.82, 2.24) is 5.43 Å². The van der Waals surface area contributed by atoms with Gasteiger partial charge in [0.2, 0.25) is 0 Å². The summed E-state index contributed by atoms with van der Waals surface area (Å²) in [6, 6.07) is 0. The van der Waals surface area contributed by atoms with Crippen molar-refractivity contribution in [3.63, 3.8) is 0 Å². The Bertz CT molecular complexity index is 230. The van der Waals surface area contributed by atoms with E-state index in [4.69, 9.17) is 0 Å². The van der Waals surface area contributed by atoms with Crippen LogP contribution in [0.2, 0.25) is 0 Å². The summed E-state index contributed by atoms with van der Waals surface area (Å²) in [6.07, 6.45) is 2.92. The Balaban J connectivity index is 2.86. The first-order chi connectivity index (χ1) is 5.53. The van der Waals surface area contributed by atoms with Gasteiger partial charge in [-0.15, -0.1) is 0 Å². The third-order valence-electron chi connectivity index (χ3n) is 1.63. The fourth-order valence-corrected chi connectivity index (χ4v) is 1.71. The van der Waals surface area contributed by atoms with Crippen LogP contribution < -0.4 is 5.43 Å². The molecule has 0 radical (unpaired) electrons. The molecule has 1 aliphatic rings. The number of rotatable bonds is 0. The molecule has 0 atom stereocenters. The maximum Gasteiger partial charge on any atom is 0.177 e. The van der Waals surface area contributed by atoms with E-state index < -0.39 is 0 Å². The highest BCUT2D eigenvalue weighted by molar-refractivity contribution is 8.13. The van der Waals surface area contributed by atoms with Gasteiger partial charge in [0.05, 0.1) is 5.54 Å². The van der Waals surface area contributed by atoms with Crippen LogP contribution in [0.3, 0.4) is 0 Å². The van der Waals surface area contributed by atoms with Crippen LogP contribution in [0.4, 0.5) is 0 Å². The number of hydrogen-bond donors (Lipinski definition) is 1. The van der Waals surface area contributed by atoms with Crippen LogP contribution in [-0.4, -0.2) is 22.7 Å². The van der Waals surface area contributed by atoms with E-state index in [0.717, 1.165) is 17.3 Å². The normalized spacial score (nSPS) is 22.0. The van der Waals surface area contributed by atoms with Gasteiger partial charge >= 0.3 is 0 Å². The molecule has 68 valence electrons. The van der Waals surface area contributed by atoms with Crippen molar-refractivity contribution in [3.05, 3.63) is 0 Å². The molecule has 0 saturated carbocycles. The highest BCUT2D eigenvalue weighted by atomic mass is 32.2. The first-order valence-electron chi connectivity index (χ1n) is 3.96. The summed E-state index contributed by atoms with van der Waals surface area (Å²) in [5.74, 6) is 0. The minimum Gasteiger partial charge on any atom is -0.256 e. The molecule has 0 aliphatic carbocycles. The van der Waals surface area contributed by atoms with Crippen LogP contribution in [0.25, 0.3) is 0 Å². The predicted molar refractivity (Wildman–Crippen MR) is 55.9 cm³/mol. The Kier molecular flexibility index (Phi) is 2.77. The first kappa shape index (κ1) is 9.58. The van der Waals surface area contributed by atoms with E-state index >= 15 is 0 Å². The van der Waals surface area contributed by atoms with Crippen LogP contribution in [0, 0.1) is 0 Å². The van der Waals surface area contributed by atoms with E-state index in [1.165, 1.54) is 0 Å². The second-order valence-electron chi connectivity index (χ2n) is 3.57. The second kappa shape index (κ2) is 3.47. The summed E-state index contributed by atoms with van der Waals surface area (Å²) in [7, 11) is 0. The molecule has 1 N–H and O–H groups in total. The number of nitrogens with zero attached hydrogens (tertiary/aromatic N) is 2. The van der Waals surface area contributed by atoms with E-state index in [0.29, 0.717) is 0 Å². The summed E-state index contributed by atoms with van der Waals surface area (Å²) in [4.78, 5) is 4.53. The molecule has 3 nitrogen and oxygen atoms in total. The van der Waals surface area contributed by atoms with Gasteiger partial charge < -0.3 is 0 Å². The Morgan fingerprint density at radius 1 is 1.50 bits per heavy atom. The van der Waals surface area contributed by atoms with Crippen LogP contribution in [0.15, 0.2) is 10.1 Å². The maximum absolute atomic E-state index is 4.53. The third kappa shape index (κ3) is 2.52. The van der Waals surface area contributed by atoms with Gasteiger partial charge in [-0.25, -0.2) is 0 Å². The van der Waals surface area contributed by atoms with Gasteiger partial charge in [0, 0.05) is 12.1 Å². The number of hydrogen-bond acceptors (Lipinski definition) is 4. The van der Waals surface area contributed by atoms with E-state index in [2.05, 4.69) is 29.4 Å². The quantitative estimate of drug-likeness (QED) is 0.625. The minimum atomic E-state index is -0.0184. The highest BCUT2D eigenvalue weighted by Crippen LogP contribution is 2.18. The van der Waals surface area contributed by atoms with Crippen LogP contribution in [0.5, 0.6) is 0 Å². The zero-order valence-electron chi connectivity index (χ0n) is 8.01. The smallest absolute Gasteiger partial charge is 0.177 e. The van der Waals surface area contributed by atoms with E-state index in [1.54, 1.807) is 11.8 Å². The van der Waals surface area contributed by atoms with Gasteiger partial charge in [0.25, 0.3) is 0 Å². The SMILES string of the molecule is CSC1=NC(C)(C)CC(C)=NN1. The summed E-state index contributed by atoms with van der Waals surface area (Å²) in [6.45, 7) is 6.26. The molecule has 1 rings (SSSR count). The van der Waals surface area contributed by atoms with E-state index in [-0.39, 0.29) is 5.54 Å². The monoisotopic (exact) mass is 185 g/mol. The first-order valence-corrected chi connectivity index (χ1v) is 5.19. The summed E-state index contributed by atoms with van der Waals surface area (Å²) in [5.41, 5.74) is 4.02. The number of amidine groups is 1. The van der Waals surface area contributed by atoms with Gasteiger partial charge in [-0.1, -0.05) is 11.8 Å². The highest BCUT2D eigenvalue weighted by Gasteiger charge is 2.20. The predicted octanol–water partition coefficient (Wildman–Crippen LogP) is 1.85. The summed E-state index contributed by atoms with van der Waals surface area (Å²) >= 11 is 1.60. The standard InChI is InChI=1S/C8H15N3S/c1-6-5-8(2,3)9-7(12-4)11-10-6/h5H2,1-4H3,(H,9,11). The van der Waals surface area contributed by atoms with E-state index in [9.17, 15) is 0 Å². The molecule has 1 aliphatic heterocycles. The molecule has 0 aromatic heterocycles. The van der Waals surface area contributed by atoms with Gasteiger partial charge in [-0.3, -0.25) is 10.4 Å². The van der Waals surface area contributed by atoms with Crippen molar-refractivity contribution >= 4 is 22.6 Å². The lowest BCUT2D eigenvalue weighted by atomic mass is 9.99. The molecule has 0 amide bonds. The van der Waals surface area contributed by atoms with Gasteiger partial charge in [-0.05, 0) is 27.0 Å². The summed E-state index contributed by atoms with van der Waals surface area (Å²) < 4.78 is 0. The van der Waals surface area contributed by atoms with Gasteiger partial charge in [0.15, 0.2) is 5.17 Å². The second-order valence-corrected chi connectivity index (χ2v) is 4.36. The molecule has 1 heterocycles.